The number of aromatic hydroxyl groups is 1. The van der Waals surface area contributed by atoms with Gasteiger partial charge in [-0.1, -0.05) is 6.07 Å². The summed E-state index contributed by atoms with van der Waals surface area (Å²) in [5.41, 5.74) is 2.02. The largest absolute Gasteiger partial charge is 0.503 e. The fraction of sp³-hybridized carbons (Fsp3) is 0.267. The first-order chi connectivity index (χ1) is 9.61. The number of nitrogens with zero attached hydrogens (tertiary/aromatic N) is 1. The monoisotopic (exact) mass is 336 g/mol. The number of phenolic OH excluding ortho intramolecular Hbond substituents is 1. The van der Waals surface area contributed by atoms with Gasteiger partial charge in [-0.2, -0.15) is 0 Å². The molecule has 1 aromatic carbocycles. The van der Waals surface area contributed by atoms with Crippen molar-refractivity contribution in [1.29, 1.82) is 0 Å². The second-order valence-corrected chi connectivity index (χ2v) is 5.34. The normalized spacial score (nSPS) is 12.2. The minimum Gasteiger partial charge on any atom is -0.503 e. The third-order valence-electron chi connectivity index (χ3n) is 3.05. The molecule has 0 fully saturated rings. The smallest absolute Gasteiger partial charge is 0.172 e. The lowest BCUT2D eigenvalue weighted by molar-refractivity contribution is 0.371. The van der Waals surface area contributed by atoms with E-state index in [4.69, 9.17) is 4.74 Å². The molecule has 1 aromatic heterocycles. The summed E-state index contributed by atoms with van der Waals surface area (Å²) in [6, 6.07) is 9.70. The Balaban J connectivity index is 2.06. The summed E-state index contributed by atoms with van der Waals surface area (Å²) >= 11 is 3.32. The zero-order valence-electron chi connectivity index (χ0n) is 11.4. The molecule has 0 aliphatic carbocycles. The number of aromatic nitrogens is 1. The van der Waals surface area contributed by atoms with Crippen LogP contribution in [-0.4, -0.2) is 17.2 Å². The number of phenols is 1. The number of benzene rings is 1. The summed E-state index contributed by atoms with van der Waals surface area (Å²) in [7, 11) is 1.54. The van der Waals surface area contributed by atoms with Gasteiger partial charge in [-0.15, -0.1) is 0 Å². The minimum atomic E-state index is 0.119. The van der Waals surface area contributed by atoms with Crippen LogP contribution in [0.2, 0.25) is 0 Å². The maximum atomic E-state index is 9.78. The van der Waals surface area contributed by atoms with Crippen molar-refractivity contribution >= 4 is 15.9 Å². The number of pyridine rings is 1. The van der Waals surface area contributed by atoms with Crippen molar-refractivity contribution < 1.29 is 9.84 Å². The average molecular weight is 337 g/mol. The molecule has 0 saturated heterocycles. The van der Waals surface area contributed by atoms with E-state index in [0.717, 1.165) is 11.3 Å². The highest BCUT2D eigenvalue weighted by Crippen LogP contribution is 2.35. The Morgan fingerprint density at radius 3 is 2.85 bits per heavy atom. The Kier molecular flexibility index (Phi) is 4.98. The first-order valence-electron chi connectivity index (χ1n) is 6.31. The molecule has 2 N–H and O–H groups in total. The lowest BCUT2D eigenvalue weighted by atomic mass is 10.1. The van der Waals surface area contributed by atoms with Crippen molar-refractivity contribution in [3.05, 3.63) is 52.3 Å². The highest BCUT2D eigenvalue weighted by atomic mass is 79.9. The van der Waals surface area contributed by atoms with Gasteiger partial charge >= 0.3 is 0 Å². The lowest BCUT2D eigenvalue weighted by Crippen LogP contribution is -2.19. The molecule has 106 valence electrons. The minimum absolute atomic E-state index is 0.119. The van der Waals surface area contributed by atoms with E-state index >= 15 is 0 Å². The molecule has 0 radical (unpaired) electrons. The van der Waals surface area contributed by atoms with Crippen LogP contribution in [0.3, 0.4) is 0 Å². The molecule has 0 amide bonds. The van der Waals surface area contributed by atoms with Crippen LogP contribution >= 0.6 is 15.9 Å². The number of hydrogen-bond acceptors (Lipinski definition) is 4. The molecule has 0 bridgehead atoms. The van der Waals surface area contributed by atoms with E-state index in [9.17, 15) is 5.11 Å². The molecule has 2 rings (SSSR count). The number of nitrogens with one attached hydrogen (secondary N) is 1. The van der Waals surface area contributed by atoms with Crippen LogP contribution < -0.4 is 10.1 Å². The number of methoxy groups -OCH3 is 1. The van der Waals surface area contributed by atoms with Gasteiger partial charge < -0.3 is 15.2 Å². The third-order valence-corrected chi connectivity index (χ3v) is 3.66. The maximum Gasteiger partial charge on any atom is 0.172 e. The fourth-order valence-electron chi connectivity index (χ4n) is 1.89. The topological polar surface area (TPSA) is 54.4 Å². The maximum absolute atomic E-state index is 9.78. The fourth-order valence-corrected chi connectivity index (χ4v) is 2.38. The molecule has 1 heterocycles. The number of halogens is 1. The summed E-state index contributed by atoms with van der Waals surface area (Å²) in [5, 5.41) is 13.2. The predicted molar refractivity (Wildman–Crippen MR) is 81.9 cm³/mol. The number of hydrogen-bond donors (Lipinski definition) is 2. The van der Waals surface area contributed by atoms with Crippen molar-refractivity contribution in [1.82, 2.24) is 10.3 Å². The number of rotatable bonds is 5. The van der Waals surface area contributed by atoms with Crippen molar-refractivity contribution in [2.24, 2.45) is 0 Å². The molecule has 0 saturated carbocycles. The van der Waals surface area contributed by atoms with E-state index in [1.54, 1.807) is 6.20 Å². The molecule has 0 aliphatic heterocycles. The molecule has 4 nitrogen and oxygen atoms in total. The van der Waals surface area contributed by atoms with Gasteiger partial charge in [0.05, 0.1) is 17.3 Å². The molecule has 0 spiro atoms. The van der Waals surface area contributed by atoms with Crippen LogP contribution in [0.15, 0.2) is 41.0 Å². The van der Waals surface area contributed by atoms with Gasteiger partial charge in [0.2, 0.25) is 0 Å². The molecule has 5 heteroatoms. The summed E-state index contributed by atoms with van der Waals surface area (Å²) < 4.78 is 5.76. The van der Waals surface area contributed by atoms with E-state index in [-0.39, 0.29) is 11.8 Å². The van der Waals surface area contributed by atoms with Gasteiger partial charge in [0, 0.05) is 18.8 Å². The first-order valence-corrected chi connectivity index (χ1v) is 7.10. The Hall–Kier alpha value is -1.59. The van der Waals surface area contributed by atoms with Crippen LogP contribution in [0.1, 0.15) is 24.2 Å². The van der Waals surface area contributed by atoms with E-state index in [0.29, 0.717) is 16.8 Å². The lowest BCUT2D eigenvalue weighted by Gasteiger charge is -2.14. The quantitative estimate of drug-likeness (QED) is 0.878. The Morgan fingerprint density at radius 1 is 1.40 bits per heavy atom. The van der Waals surface area contributed by atoms with E-state index in [2.05, 4.69) is 33.2 Å². The SMILES string of the molecule is COc1cc(CNC(C)c2ccccn2)cc(Br)c1O. The van der Waals surface area contributed by atoms with Gasteiger partial charge in [0.15, 0.2) is 11.5 Å². The van der Waals surface area contributed by atoms with Crippen molar-refractivity contribution in [3.63, 3.8) is 0 Å². The summed E-state index contributed by atoms with van der Waals surface area (Å²) in [6.45, 7) is 2.72. The molecule has 2 aromatic rings. The van der Waals surface area contributed by atoms with Crippen molar-refractivity contribution in [3.8, 4) is 11.5 Å². The molecule has 1 atom stereocenters. The summed E-state index contributed by atoms with van der Waals surface area (Å²) in [5.74, 6) is 0.579. The number of ether oxygens (including phenoxy) is 1. The molecule has 20 heavy (non-hydrogen) atoms. The van der Waals surface area contributed by atoms with Gasteiger partial charge in [-0.3, -0.25) is 4.98 Å². The highest BCUT2D eigenvalue weighted by molar-refractivity contribution is 9.10. The zero-order valence-corrected chi connectivity index (χ0v) is 13.0. The summed E-state index contributed by atoms with van der Waals surface area (Å²) in [4.78, 5) is 4.32. The molecular weight excluding hydrogens is 320 g/mol. The van der Waals surface area contributed by atoms with Gasteiger partial charge in [0.25, 0.3) is 0 Å². The second-order valence-electron chi connectivity index (χ2n) is 4.49. The highest BCUT2D eigenvalue weighted by Gasteiger charge is 2.10. The van der Waals surface area contributed by atoms with E-state index in [1.807, 2.05) is 30.3 Å². The Bertz CT molecular complexity index is 576. The van der Waals surface area contributed by atoms with Crippen LogP contribution in [0.5, 0.6) is 11.5 Å². The molecule has 1 unspecified atom stereocenters. The molecular formula is C15H17BrN2O2. The van der Waals surface area contributed by atoms with Crippen LogP contribution in [0, 0.1) is 0 Å². The Morgan fingerprint density at radius 2 is 2.20 bits per heavy atom. The van der Waals surface area contributed by atoms with E-state index in [1.165, 1.54) is 7.11 Å². The zero-order chi connectivity index (χ0) is 14.5. The van der Waals surface area contributed by atoms with Gasteiger partial charge in [0.1, 0.15) is 0 Å². The molecule has 0 aliphatic rings. The average Bonchev–Trinajstić information content (AvgIpc) is 2.48. The first kappa shape index (κ1) is 14.8. The third kappa shape index (κ3) is 3.49. The van der Waals surface area contributed by atoms with Crippen LogP contribution in [-0.2, 0) is 6.54 Å². The summed E-state index contributed by atoms with van der Waals surface area (Å²) in [6.07, 6.45) is 1.79. The van der Waals surface area contributed by atoms with Crippen LogP contribution in [0.4, 0.5) is 0 Å². The van der Waals surface area contributed by atoms with Crippen LogP contribution in [0.25, 0.3) is 0 Å². The second kappa shape index (κ2) is 6.72. The van der Waals surface area contributed by atoms with Gasteiger partial charge in [-0.05, 0) is 52.7 Å². The predicted octanol–water partition coefficient (Wildman–Crippen LogP) is 3.41. The standard InChI is InChI=1S/C15H17BrN2O2/c1-10(13-5-3-4-6-17-13)18-9-11-7-12(16)15(19)14(8-11)20-2/h3-8,10,18-19H,9H2,1-2H3. The van der Waals surface area contributed by atoms with E-state index < -0.39 is 0 Å². The Labute approximate surface area is 126 Å². The van der Waals surface area contributed by atoms with Crippen molar-refractivity contribution in [2.75, 3.05) is 7.11 Å². The van der Waals surface area contributed by atoms with Gasteiger partial charge in [-0.25, -0.2) is 0 Å². The van der Waals surface area contributed by atoms with Crippen molar-refractivity contribution in [2.45, 2.75) is 19.5 Å².